The molecule has 0 N–H and O–H groups in total. The third-order valence-electron chi connectivity index (χ3n) is 6.19. The number of hydrogen-bond acceptors (Lipinski definition) is 2. The first-order valence-corrected chi connectivity index (χ1v) is 11.8. The minimum atomic E-state index is -4.61. The van der Waals surface area contributed by atoms with Gasteiger partial charge in [0.15, 0.2) is 0 Å². The van der Waals surface area contributed by atoms with Crippen LogP contribution >= 0.6 is 0 Å². The highest BCUT2D eigenvalue weighted by atomic mass is 19.4. The monoisotopic (exact) mass is 461 g/mol. The molecule has 1 aliphatic rings. The van der Waals surface area contributed by atoms with E-state index >= 15 is 8.78 Å². The second-order valence-electron chi connectivity index (χ2n) is 8.39. The molecule has 2 aromatic heterocycles. The fraction of sp³-hybridized carbons (Fsp3) is 0.708. The molecule has 0 bridgehead atoms. The van der Waals surface area contributed by atoms with Crippen LogP contribution in [-0.2, 0) is 25.1 Å². The van der Waals surface area contributed by atoms with E-state index < -0.39 is 17.8 Å². The van der Waals surface area contributed by atoms with E-state index in [4.69, 9.17) is 0 Å². The molecule has 1 aliphatic heterocycles. The first-order valence-electron chi connectivity index (χ1n) is 11.8. The van der Waals surface area contributed by atoms with E-state index in [1.165, 1.54) is 4.57 Å². The van der Waals surface area contributed by atoms with Crippen molar-refractivity contribution in [2.24, 2.45) is 5.92 Å². The highest BCUT2D eigenvalue weighted by Gasteiger charge is 2.40. The van der Waals surface area contributed by atoms with E-state index in [0.717, 1.165) is 38.2 Å². The molecule has 0 saturated carbocycles. The maximum Gasteiger partial charge on any atom is 0.433 e. The summed E-state index contributed by atoms with van der Waals surface area (Å²) in [5, 5.41) is 0.236. The Morgan fingerprint density at radius 3 is 2.19 bits per heavy atom. The SMILES string of the molecule is CC.CCc1c(C(F)(F)CC(C)CC)n(CCN2CCCC2)c2cnc(C(F)(F)F)cc12. The Balaban J connectivity index is 0.00000176. The second-order valence-corrected chi connectivity index (χ2v) is 8.39. The predicted octanol–water partition coefficient (Wildman–Crippen LogP) is 7.27. The Labute approximate surface area is 188 Å². The van der Waals surface area contributed by atoms with Gasteiger partial charge in [-0.05, 0) is 49.9 Å². The lowest BCUT2D eigenvalue weighted by atomic mass is 9.95. The van der Waals surface area contributed by atoms with E-state index in [9.17, 15) is 13.2 Å². The number of hydrogen-bond donors (Lipinski definition) is 0. The molecule has 2 aromatic rings. The van der Waals surface area contributed by atoms with Crippen molar-refractivity contribution in [1.29, 1.82) is 0 Å². The molecule has 182 valence electrons. The summed E-state index contributed by atoms with van der Waals surface area (Å²) in [6.45, 7) is 12.1. The summed E-state index contributed by atoms with van der Waals surface area (Å²) in [6.07, 6.45) is -0.804. The van der Waals surface area contributed by atoms with E-state index in [0.29, 0.717) is 30.6 Å². The van der Waals surface area contributed by atoms with Gasteiger partial charge in [-0.2, -0.15) is 22.0 Å². The van der Waals surface area contributed by atoms with Crippen LogP contribution in [0.5, 0.6) is 0 Å². The molecule has 8 heteroatoms. The van der Waals surface area contributed by atoms with Crippen molar-refractivity contribution in [2.75, 3.05) is 19.6 Å². The number of halogens is 5. The molecule has 0 spiro atoms. The van der Waals surface area contributed by atoms with Crippen LogP contribution in [0, 0.1) is 5.92 Å². The number of aryl methyl sites for hydroxylation is 1. The van der Waals surface area contributed by atoms with Crippen LogP contribution in [0.25, 0.3) is 10.9 Å². The van der Waals surface area contributed by atoms with Crippen molar-refractivity contribution >= 4 is 10.9 Å². The lowest BCUT2D eigenvalue weighted by Crippen LogP contribution is -2.28. The molecule has 3 heterocycles. The van der Waals surface area contributed by atoms with Crippen molar-refractivity contribution in [1.82, 2.24) is 14.5 Å². The molecule has 3 nitrogen and oxygen atoms in total. The Morgan fingerprint density at radius 2 is 1.66 bits per heavy atom. The van der Waals surface area contributed by atoms with Crippen LogP contribution in [0.1, 0.15) is 77.3 Å². The zero-order valence-electron chi connectivity index (χ0n) is 19.8. The average molecular weight is 462 g/mol. The van der Waals surface area contributed by atoms with E-state index in [2.05, 4.69) is 9.88 Å². The lowest BCUT2D eigenvalue weighted by molar-refractivity contribution is -0.141. The zero-order valence-corrected chi connectivity index (χ0v) is 19.8. The van der Waals surface area contributed by atoms with Gasteiger partial charge in [-0.3, -0.25) is 0 Å². The van der Waals surface area contributed by atoms with Gasteiger partial charge in [0.2, 0.25) is 0 Å². The van der Waals surface area contributed by atoms with Crippen LogP contribution in [0.2, 0.25) is 0 Å². The largest absolute Gasteiger partial charge is 0.433 e. The van der Waals surface area contributed by atoms with Crippen LogP contribution in [0.15, 0.2) is 12.3 Å². The number of pyridine rings is 1. The summed E-state index contributed by atoms with van der Waals surface area (Å²) in [4.78, 5) is 5.78. The molecule has 0 radical (unpaired) electrons. The first kappa shape index (κ1) is 26.6. The van der Waals surface area contributed by atoms with Crippen LogP contribution in [0.3, 0.4) is 0 Å². The highest BCUT2D eigenvalue weighted by Crippen LogP contribution is 2.43. The van der Waals surface area contributed by atoms with Gasteiger partial charge in [0.05, 0.1) is 17.4 Å². The van der Waals surface area contributed by atoms with Gasteiger partial charge in [0.25, 0.3) is 5.92 Å². The van der Waals surface area contributed by atoms with Gasteiger partial charge >= 0.3 is 6.18 Å². The average Bonchev–Trinajstić information content (AvgIpc) is 3.38. The topological polar surface area (TPSA) is 21.1 Å². The lowest BCUT2D eigenvalue weighted by Gasteiger charge is -2.25. The molecule has 0 amide bonds. The van der Waals surface area contributed by atoms with Crippen LogP contribution in [-0.4, -0.2) is 34.1 Å². The van der Waals surface area contributed by atoms with Gasteiger partial charge in [-0.25, -0.2) is 4.98 Å². The minimum absolute atomic E-state index is 0.138. The zero-order chi connectivity index (χ0) is 24.1. The summed E-state index contributed by atoms with van der Waals surface area (Å²) in [5.41, 5.74) is -0.524. The molecule has 1 fully saturated rings. The summed E-state index contributed by atoms with van der Waals surface area (Å²) in [6, 6.07) is 0.934. The van der Waals surface area contributed by atoms with Gasteiger partial charge in [-0.1, -0.05) is 41.0 Å². The number of fused-ring (bicyclic) bond motifs is 1. The quantitative estimate of drug-likeness (QED) is 0.386. The normalized spacial score (nSPS) is 16.3. The fourth-order valence-corrected chi connectivity index (χ4v) is 4.41. The van der Waals surface area contributed by atoms with Gasteiger partial charge in [0, 0.05) is 24.9 Å². The maximum absolute atomic E-state index is 15.5. The van der Waals surface area contributed by atoms with Crippen molar-refractivity contribution in [3.63, 3.8) is 0 Å². The van der Waals surface area contributed by atoms with Gasteiger partial charge < -0.3 is 9.47 Å². The van der Waals surface area contributed by atoms with E-state index in [-0.39, 0.29) is 29.8 Å². The van der Waals surface area contributed by atoms with Crippen molar-refractivity contribution < 1.29 is 22.0 Å². The third kappa shape index (κ3) is 5.80. The molecule has 0 aliphatic carbocycles. The molecule has 32 heavy (non-hydrogen) atoms. The Hall–Kier alpha value is -1.70. The van der Waals surface area contributed by atoms with Crippen molar-refractivity contribution in [3.8, 4) is 0 Å². The predicted molar refractivity (Wildman–Crippen MR) is 119 cm³/mol. The summed E-state index contributed by atoms with van der Waals surface area (Å²) in [5.74, 6) is -3.32. The highest BCUT2D eigenvalue weighted by molar-refractivity contribution is 5.85. The maximum atomic E-state index is 15.5. The molecule has 1 unspecified atom stereocenters. The van der Waals surface area contributed by atoms with E-state index in [1.807, 2.05) is 20.8 Å². The molecule has 1 atom stereocenters. The Bertz CT molecular complexity index is 867. The number of aromatic nitrogens is 2. The number of alkyl halides is 5. The van der Waals surface area contributed by atoms with Crippen molar-refractivity contribution in [2.45, 2.75) is 85.4 Å². The number of nitrogens with zero attached hydrogens (tertiary/aromatic N) is 3. The summed E-state index contributed by atoms with van der Waals surface area (Å²) in [7, 11) is 0. The van der Waals surface area contributed by atoms with Crippen LogP contribution < -0.4 is 0 Å². The summed E-state index contributed by atoms with van der Waals surface area (Å²) >= 11 is 0. The molecule has 1 saturated heterocycles. The standard InChI is InChI=1S/C22H30F5N3.C2H6/c1-4-15(3)13-21(23,24)20-16(5-2)17-12-19(22(25,26)27)28-14-18(17)30(20)11-10-29-8-6-7-9-29;1-2/h12,14-15H,4-11,13H2,1-3H3;1-2H3. The second kappa shape index (κ2) is 10.9. The summed E-state index contributed by atoms with van der Waals surface area (Å²) < 4.78 is 72.2. The Morgan fingerprint density at radius 1 is 1.03 bits per heavy atom. The Kier molecular flexibility index (Phi) is 9.08. The number of likely N-dealkylation sites (tertiary alicyclic amines) is 1. The molecule has 3 rings (SSSR count). The third-order valence-corrected chi connectivity index (χ3v) is 6.19. The van der Waals surface area contributed by atoms with Crippen molar-refractivity contribution in [3.05, 3.63) is 29.2 Å². The van der Waals surface area contributed by atoms with Crippen LogP contribution in [0.4, 0.5) is 22.0 Å². The number of rotatable bonds is 8. The minimum Gasteiger partial charge on any atom is -0.337 e. The molecular weight excluding hydrogens is 425 g/mol. The molecular formula is C24H36F5N3. The molecule has 0 aromatic carbocycles. The first-order chi connectivity index (χ1) is 15.1. The fourth-order valence-electron chi connectivity index (χ4n) is 4.41. The smallest absolute Gasteiger partial charge is 0.337 e. The van der Waals surface area contributed by atoms with E-state index in [1.54, 1.807) is 13.8 Å². The van der Waals surface area contributed by atoms with Gasteiger partial charge in [-0.15, -0.1) is 0 Å². The van der Waals surface area contributed by atoms with Gasteiger partial charge in [0.1, 0.15) is 5.69 Å².